The molecule has 0 unspecified atom stereocenters. The molecule has 4 N–H and O–H groups in total. The van der Waals surface area contributed by atoms with Crippen LogP contribution in [0.1, 0.15) is 31.4 Å². The van der Waals surface area contributed by atoms with E-state index in [2.05, 4.69) is 5.32 Å². The summed E-state index contributed by atoms with van der Waals surface area (Å²) in [4.78, 5) is 23.2. The maximum Gasteiger partial charge on any atom is 0.488 e. The van der Waals surface area contributed by atoms with Crippen molar-refractivity contribution in [1.29, 1.82) is 0 Å². The van der Waals surface area contributed by atoms with E-state index in [1.54, 1.807) is 5.32 Å². The average Bonchev–Trinajstić information content (AvgIpc) is 3.26. The molecule has 0 aromatic heterocycles. The van der Waals surface area contributed by atoms with Crippen molar-refractivity contribution in [3.05, 3.63) is 29.6 Å². The molecular formula is C14H15BF4N2O4. The van der Waals surface area contributed by atoms with E-state index >= 15 is 0 Å². The van der Waals surface area contributed by atoms with Gasteiger partial charge in [0, 0.05) is 5.56 Å². The van der Waals surface area contributed by atoms with Crippen LogP contribution in [0.4, 0.5) is 17.6 Å². The fourth-order valence-corrected chi connectivity index (χ4v) is 2.29. The Balaban J connectivity index is 2.07. The number of amides is 2. The van der Waals surface area contributed by atoms with Crippen LogP contribution in [0.2, 0.25) is 0 Å². The molecule has 0 bridgehead atoms. The smallest absolute Gasteiger partial charge is 0.423 e. The van der Waals surface area contributed by atoms with Crippen LogP contribution in [-0.2, 0) is 9.59 Å². The number of hydrogen-bond donors (Lipinski definition) is 4. The van der Waals surface area contributed by atoms with Crippen LogP contribution in [0.15, 0.2) is 18.2 Å². The SMILES string of the molecule is C[C@@H](NC(=O)C1(NC(=O)C(F)(F)F)CC1)c1ccc(B(O)O)cc1F. The zero-order valence-corrected chi connectivity index (χ0v) is 13.0. The van der Waals surface area contributed by atoms with Crippen molar-refractivity contribution in [2.24, 2.45) is 0 Å². The summed E-state index contributed by atoms with van der Waals surface area (Å²) in [6.07, 6.45) is -5.01. The highest BCUT2D eigenvalue weighted by Gasteiger charge is 2.55. The molecule has 11 heteroatoms. The van der Waals surface area contributed by atoms with Gasteiger partial charge in [-0.2, -0.15) is 13.2 Å². The van der Waals surface area contributed by atoms with Gasteiger partial charge in [-0.15, -0.1) is 0 Å². The number of halogens is 4. The number of carbonyl (C=O) groups excluding carboxylic acids is 2. The van der Waals surface area contributed by atoms with Gasteiger partial charge in [-0.25, -0.2) is 4.39 Å². The molecule has 1 aliphatic rings. The summed E-state index contributed by atoms with van der Waals surface area (Å²) in [5.74, 6) is -3.87. The van der Waals surface area contributed by atoms with Crippen molar-refractivity contribution < 1.29 is 37.2 Å². The van der Waals surface area contributed by atoms with Gasteiger partial charge in [0.05, 0.1) is 6.04 Å². The van der Waals surface area contributed by atoms with E-state index in [4.69, 9.17) is 10.0 Å². The lowest BCUT2D eigenvalue weighted by atomic mass is 9.79. The minimum absolute atomic E-state index is 0.00991. The highest BCUT2D eigenvalue weighted by Crippen LogP contribution is 2.37. The van der Waals surface area contributed by atoms with Crippen molar-refractivity contribution in [2.45, 2.75) is 37.5 Å². The predicted molar refractivity (Wildman–Crippen MR) is 78.9 cm³/mol. The summed E-state index contributed by atoms with van der Waals surface area (Å²) in [6, 6.07) is 2.44. The molecule has 1 aliphatic carbocycles. The third kappa shape index (κ3) is 4.29. The van der Waals surface area contributed by atoms with Crippen LogP contribution in [0.3, 0.4) is 0 Å². The van der Waals surface area contributed by atoms with Crippen LogP contribution < -0.4 is 16.1 Å². The van der Waals surface area contributed by atoms with E-state index in [9.17, 15) is 27.2 Å². The number of hydrogen-bond acceptors (Lipinski definition) is 4. The summed E-state index contributed by atoms with van der Waals surface area (Å²) < 4.78 is 51.0. The van der Waals surface area contributed by atoms with Gasteiger partial charge in [-0.05, 0) is 31.3 Å². The largest absolute Gasteiger partial charge is 0.488 e. The van der Waals surface area contributed by atoms with Gasteiger partial charge < -0.3 is 20.7 Å². The zero-order valence-electron chi connectivity index (χ0n) is 13.0. The predicted octanol–water partition coefficient (Wildman–Crippen LogP) is -0.106. The lowest BCUT2D eigenvalue weighted by molar-refractivity contribution is -0.175. The van der Waals surface area contributed by atoms with E-state index in [0.29, 0.717) is 0 Å². The Bertz CT molecular complexity index is 692. The number of benzene rings is 1. The molecular weight excluding hydrogens is 347 g/mol. The summed E-state index contributed by atoms with van der Waals surface area (Å²) >= 11 is 0. The molecule has 0 saturated heterocycles. The zero-order chi connectivity index (χ0) is 19.0. The summed E-state index contributed by atoms with van der Waals surface area (Å²) in [6.45, 7) is 1.41. The van der Waals surface area contributed by atoms with Crippen LogP contribution >= 0.6 is 0 Å². The monoisotopic (exact) mass is 362 g/mol. The van der Waals surface area contributed by atoms with Gasteiger partial charge in [-0.1, -0.05) is 12.1 Å². The topological polar surface area (TPSA) is 98.7 Å². The van der Waals surface area contributed by atoms with Crippen molar-refractivity contribution >= 4 is 24.4 Å². The molecule has 0 aliphatic heterocycles. The minimum atomic E-state index is -5.10. The van der Waals surface area contributed by atoms with E-state index < -0.39 is 42.5 Å². The van der Waals surface area contributed by atoms with E-state index in [1.165, 1.54) is 19.1 Å². The number of carbonyl (C=O) groups is 2. The molecule has 0 heterocycles. The Morgan fingerprint density at radius 2 is 1.88 bits per heavy atom. The number of nitrogens with one attached hydrogen (secondary N) is 2. The lowest BCUT2D eigenvalue weighted by Crippen LogP contribution is -2.53. The highest BCUT2D eigenvalue weighted by molar-refractivity contribution is 6.58. The van der Waals surface area contributed by atoms with Crippen molar-refractivity contribution in [3.63, 3.8) is 0 Å². The molecule has 1 aromatic carbocycles. The summed E-state index contributed by atoms with van der Waals surface area (Å²) in [7, 11) is -1.86. The van der Waals surface area contributed by atoms with Gasteiger partial charge in [0.15, 0.2) is 0 Å². The fraction of sp³-hybridized carbons (Fsp3) is 0.429. The minimum Gasteiger partial charge on any atom is -0.423 e. The maximum absolute atomic E-state index is 14.0. The van der Waals surface area contributed by atoms with Gasteiger partial charge >= 0.3 is 19.2 Å². The first-order valence-corrected chi connectivity index (χ1v) is 7.32. The number of alkyl halides is 3. The lowest BCUT2D eigenvalue weighted by Gasteiger charge is -2.22. The van der Waals surface area contributed by atoms with E-state index in [-0.39, 0.29) is 23.9 Å². The average molecular weight is 362 g/mol. The highest BCUT2D eigenvalue weighted by atomic mass is 19.4. The maximum atomic E-state index is 14.0. The summed E-state index contributed by atoms with van der Waals surface area (Å²) in [5, 5.41) is 22.0. The molecule has 6 nitrogen and oxygen atoms in total. The third-order valence-corrected chi connectivity index (χ3v) is 3.93. The first-order chi connectivity index (χ1) is 11.5. The quantitative estimate of drug-likeness (QED) is 0.434. The fourth-order valence-electron chi connectivity index (χ4n) is 2.29. The second kappa shape index (κ2) is 6.64. The third-order valence-electron chi connectivity index (χ3n) is 3.93. The van der Waals surface area contributed by atoms with Crippen LogP contribution in [0.5, 0.6) is 0 Å². The molecule has 1 atom stereocenters. The van der Waals surface area contributed by atoms with Crippen LogP contribution in [-0.4, -0.2) is 40.7 Å². The van der Waals surface area contributed by atoms with E-state index in [1.807, 2.05) is 0 Å². The Labute approximate surface area is 140 Å². The Morgan fingerprint density at radius 1 is 1.28 bits per heavy atom. The van der Waals surface area contributed by atoms with Gasteiger partial charge in [0.2, 0.25) is 5.91 Å². The van der Waals surface area contributed by atoms with E-state index in [0.717, 1.165) is 6.07 Å². The van der Waals surface area contributed by atoms with Crippen LogP contribution in [0, 0.1) is 5.82 Å². The molecule has 2 amide bonds. The Hall–Kier alpha value is -2.14. The van der Waals surface area contributed by atoms with Gasteiger partial charge in [0.25, 0.3) is 0 Å². The van der Waals surface area contributed by atoms with Gasteiger partial charge in [-0.3, -0.25) is 9.59 Å². The molecule has 1 saturated carbocycles. The Kier molecular flexibility index (Phi) is 5.10. The first-order valence-electron chi connectivity index (χ1n) is 7.32. The summed E-state index contributed by atoms with van der Waals surface area (Å²) in [5.41, 5.74) is -1.72. The second-order valence-electron chi connectivity index (χ2n) is 5.88. The molecule has 0 radical (unpaired) electrons. The molecule has 1 aromatic rings. The van der Waals surface area contributed by atoms with Crippen molar-refractivity contribution in [3.8, 4) is 0 Å². The van der Waals surface area contributed by atoms with Crippen molar-refractivity contribution in [1.82, 2.24) is 10.6 Å². The molecule has 0 spiro atoms. The van der Waals surface area contributed by atoms with Gasteiger partial charge in [0.1, 0.15) is 11.4 Å². The molecule has 2 rings (SSSR count). The number of rotatable bonds is 5. The Morgan fingerprint density at radius 3 is 2.32 bits per heavy atom. The standard InChI is InChI=1S/C14H15BF4N2O4/c1-7(9-3-2-8(15(24)25)6-10(9)16)20-11(22)13(4-5-13)21-12(23)14(17,18)19/h2-3,6-7,24-25H,4-5H2,1H3,(H,20,22)(H,21,23)/t7-/m1/s1. The normalized spacial score (nSPS) is 16.8. The molecule has 136 valence electrons. The second-order valence-corrected chi connectivity index (χ2v) is 5.88. The van der Waals surface area contributed by atoms with Crippen molar-refractivity contribution in [2.75, 3.05) is 0 Å². The molecule has 25 heavy (non-hydrogen) atoms. The first kappa shape index (κ1) is 19.2. The van der Waals surface area contributed by atoms with Crippen LogP contribution in [0.25, 0.3) is 0 Å². The molecule has 1 fully saturated rings.